The summed E-state index contributed by atoms with van der Waals surface area (Å²) in [6.45, 7) is 0. The van der Waals surface area contributed by atoms with Crippen LogP contribution in [0.25, 0.3) is 5.70 Å². The van der Waals surface area contributed by atoms with E-state index in [0.717, 1.165) is 16.1 Å². The van der Waals surface area contributed by atoms with Crippen LogP contribution in [0, 0.1) is 10.1 Å². The van der Waals surface area contributed by atoms with Gasteiger partial charge in [-0.2, -0.15) is 0 Å². The van der Waals surface area contributed by atoms with Crippen LogP contribution >= 0.6 is 23.4 Å². The molecule has 4 rings (SSSR count). The van der Waals surface area contributed by atoms with E-state index in [1.54, 1.807) is 24.3 Å². The van der Waals surface area contributed by atoms with Crippen molar-refractivity contribution in [2.24, 2.45) is 0 Å². The Labute approximate surface area is 135 Å². The van der Waals surface area contributed by atoms with Crippen molar-refractivity contribution < 1.29 is 5.03 Å². The van der Waals surface area contributed by atoms with Crippen LogP contribution < -0.4 is 4.90 Å². The highest BCUT2D eigenvalue weighted by molar-refractivity contribution is 8.00. The van der Waals surface area contributed by atoms with Crippen molar-refractivity contribution in [1.82, 2.24) is 5.01 Å². The fraction of sp³-hybridized carbons (Fsp3) is 0.0667. The number of fused-ring (bicyclic) bond motifs is 3. The quantitative estimate of drug-likeness (QED) is 0.614. The van der Waals surface area contributed by atoms with Gasteiger partial charge in [0.05, 0.1) is 5.69 Å². The van der Waals surface area contributed by atoms with Gasteiger partial charge in [0, 0.05) is 21.7 Å². The summed E-state index contributed by atoms with van der Waals surface area (Å²) in [5, 5.41) is 13.0. The van der Waals surface area contributed by atoms with Gasteiger partial charge in [-0.15, -0.1) is 0 Å². The van der Waals surface area contributed by atoms with E-state index >= 15 is 0 Å². The number of nitrogens with zero attached hydrogens (tertiary/aromatic N) is 3. The number of nitro groups is 1. The summed E-state index contributed by atoms with van der Waals surface area (Å²) in [7, 11) is 0. The van der Waals surface area contributed by atoms with E-state index < -0.39 is 5.50 Å². The lowest BCUT2D eigenvalue weighted by molar-refractivity contribution is -0.635. The van der Waals surface area contributed by atoms with Gasteiger partial charge in [-0.1, -0.05) is 52.6 Å². The number of anilines is 1. The van der Waals surface area contributed by atoms with Gasteiger partial charge in [-0.05, 0) is 24.3 Å². The molecule has 2 aromatic carbocycles. The molecule has 0 aliphatic carbocycles. The van der Waals surface area contributed by atoms with Crippen LogP contribution in [0.2, 0.25) is 5.02 Å². The van der Waals surface area contributed by atoms with E-state index in [1.807, 2.05) is 35.4 Å². The van der Waals surface area contributed by atoms with Gasteiger partial charge >= 0.3 is 0 Å². The Morgan fingerprint density at radius 2 is 1.86 bits per heavy atom. The van der Waals surface area contributed by atoms with Crippen molar-refractivity contribution in [2.45, 2.75) is 10.4 Å². The predicted octanol–water partition coefficient (Wildman–Crippen LogP) is 4.04. The van der Waals surface area contributed by atoms with Crippen molar-refractivity contribution in [3.05, 3.63) is 75.4 Å². The van der Waals surface area contributed by atoms with Gasteiger partial charge < -0.3 is 4.90 Å². The normalized spacial score (nSPS) is 19.0. The zero-order valence-corrected chi connectivity index (χ0v) is 12.8. The molecule has 2 aliphatic rings. The molecule has 2 heterocycles. The summed E-state index contributed by atoms with van der Waals surface area (Å²) in [4.78, 5) is 14.6. The number of hydrogen-bond donors (Lipinski definition) is 0. The molecule has 0 N–H and O–H groups in total. The Kier molecular flexibility index (Phi) is 3.02. The zero-order valence-electron chi connectivity index (χ0n) is 11.2. The van der Waals surface area contributed by atoms with E-state index in [2.05, 4.69) is 0 Å². The molecule has 1 atom stereocenters. The van der Waals surface area contributed by atoms with Crippen molar-refractivity contribution in [2.75, 3.05) is 4.90 Å². The van der Waals surface area contributed by atoms with Crippen molar-refractivity contribution in [3.63, 3.8) is 0 Å². The van der Waals surface area contributed by atoms with Gasteiger partial charge in [0.25, 0.3) is 0 Å². The third-order valence-corrected chi connectivity index (χ3v) is 5.14. The molecule has 5 nitrogen and oxygen atoms in total. The molecule has 0 saturated heterocycles. The smallest absolute Gasteiger partial charge is 0.222 e. The SMILES string of the molecule is O=[N+]([O-])N1C(c2ccc(Cl)cc2)=CN2c3ccccc3SC21. The number of para-hydroxylation sites is 1. The highest BCUT2D eigenvalue weighted by atomic mass is 35.5. The highest BCUT2D eigenvalue weighted by Crippen LogP contribution is 2.50. The lowest BCUT2D eigenvalue weighted by atomic mass is 10.2. The van der Waals surface area contributed by atoms with Crippen molar-refractivity contribution >= 4 is 34.7 Å². The first-order valence-electron chi connectivity index (χ1n) is 6.60. The molecule has 1 unspecified atom stereocenters. The maximum Gasteiger partial charge on any atom is 0.222 e. The van der Waals surface area contributed by atoms with Crippen LogP contribution in [0.4, 0.5) is 5.69 Å². The minimum atomic E-state index is -0.391. The van der Waals surface area contributed by atoms with E-state index in [9.17, 15) is 10.1 Å². The average Bonchev–Trinajstić information content (AvgIpc) is 3.03. The molecule has 0 radical (unpaired) electrons. The zero-order chi connectivity index (χ0) is 15.3. The summed E-state index contributed by atoms with van der Waals surface area (Å²) in [6, 6.07) is 14.9. The molecule has 0 bridgehead atoms. The van der Waals surface area contributed by atoms with Crippen LogP contribution in [0.1, 0.15) is 5.56 Å². The Bertz CT molecular complexity index is 794. The first-order valence-corrected chi connectivity index (χ1v) is 7.86. The third kappa shape index (κ3) is 1.95. The lowest BCUT2D eigenvalue weighted by Gasteiger charge is -2.19. The lowest BCUT2D eigenvalue weighted by Crippen LogP contribution is -2.38. The molecule has 0 fully saturated rings. The van der Waals surface area contributed by atoms with Gasteiger partial charge in [-0.25, -0.2) is 10.1 Å². The molecule has 0 amide bonds. The molecule has 110 valence electrons. The second-order valence-corrected chi connectivity index (χ2v) is 6.46. The molecule has 0 saturated carbocycles. The average molecular weight is 332 g/mol. The fourth-order valence-electron chi connectivity index (χ4n) is 2.67. The van der Waals surface area contributed by atoms with Crippen LogP contribution in [-0.4, -0.2) is 15.5 Å². The maximum atomic E-state index is 11.6. The molecule has 7 heteroatoms. The minimum absolute atomic E-state index is 0.357. The highest BCUT2D eigenvalue weighted by Gasteiger charge is 2.46. The van der Waals surface area contributed by atoms with Crippen molar-refractivity contribution in [3.8, 4) is 0 Å². The van der Waals surface area contributed by atoms with Gasteiger partial charge in [0.15, 0.2) is 5.03 Å². The monoisotopic (exact) mass is 331 g/mol. The molecular weight excluding hydrogens is 322 g/mol. The molecule has 0 spiro atoms. The Balaban J connectivity index is 1.81. The maximum absolute atomic E-state index is 11.6. The summed E-state index contributed by atoms with van der Waals surface area (Å²) in [6.07, 6.45) is 1.83. The standard InChI is InChI=1S/C15H10ClN3O2S/c16-11-7-5-10(6-8-11)13-9-17-12-3-1-2-4-14(12)22-15(17)18(13)19(20)21/h1-9,15H. The molecular formula is C15H10ClN3O2S. The van der Waals surface area contributed by atoms with E-state index in [-0.39, 0.29) is 5.03 Å². The van der Waals surface area contributed by atoms with E-state index in [0.29, 0.717) is 10.7 Å². The Morgan fingerprint density at radius 3 is 2.59 bits per heavy atom. The number of halogens is 1. The first kappa shape index (κ1) is 13.5. The second-order valence-electron chi connectivity index (χ2n) is 4.92. The molecule has 0 aromatic heterocycles. The van der Waals surface area contributed by atoms with E-state index in [4.69, 9.17) is 11.6 Å². The fourth-order valence-corrected chi connectivity index (χ4v) is 4.05. The number of hydrazine groups is 1. The van der Waals surface area contributed by atoms with Gasteiger partial charge in [-0.3, -0.25) is 0 Å². The van der Waals surface area contributed by atoms with E-state index in [1.165, 1.54) is 16.8 Å². The van der Waals surface area contributed by atoms with Gasteiger partial charge in [0.2, 0.25) is 5.50 Å². The summed E-state index contributed by atoms with van der Waals surface area (Å²) >= 11 is 7.38. The summed E-state index contributed by atoms with van der Waals surface area (Å²) in [5.41, 5.74) is 1.94. The van der Waals surface area contributed by atoms with Crippen LogP contribution in [0.15, 0.2) is 59.6 Å². The molecule has 2 aliphatic heterocycles. The number of benzene rings is 2. The van der Waals surface area contributed by atoms with Crippen molar-refractivity contribution in [1.29, 1.82) is 0 Å². The van der Waals surface area contributed by atoms with Crippen LogP contribution in [0.3, 0.4) is 0 Å². The van der Waals surface area contributed by atoms with Crippen LogP contribution in [-0.2, 0) is 0 Å². The minimum Gasteiger partial charge on any atom is -0.310 e. The predicted molar refractivity (Wildman–Crippen MR) is 86.8 cm³/mol. The second kappa shape index (κ2) is 4.93. The number of rotatable bonds is 2. The Morgan fingerprint density at radius 1 is 1.14 bits per heavy atom. The van der Waals surface area contributed by atoms with Gasteiger partial charge in [0.1, 0.15) is 5.70 Å². The molecule has 22 heavy (non-hydrogen) atoms. The van der Waals surface area contributed by atoms with Crippen LogP contribution in [0.5, 0.6) is 0 Å². The summed E-state index contributed by atoms with van der Waals surface area (Å²) < 4.78 is 0. The Hall–Kier alpha value is -2.18. The number of thioether (sulfide) groups is 1. The first-order chi connectivity index (χ1) is 10.6. The molecule has 2 aromatic rings. The topological polar surface area (TPSA) is 49.6 Å². The number of hydrogen-bond acceptors (Lipinski definition) is 4. The largest absolute Gasteiger partial charge is 0.310 e. The summed E-state index contributed by atoms with van der Waals surface area (Å²) in [5.74, 6) is 0. The third-order valence-electron chi connectivity index (χ3n) is 3.65.